The van der Waals surface area contributed by atoms with E-state index in [9.17, 15) is 0 Å². The van der Waals surface area contributed by atoms with Gasteiger partial charge in [0.15, 0.2) is 0 Å². The number of guanidine groups is 1. The Labute approximate surface area is 106 Å². The number of hydrogen-bond acceptors (Lipinski definition) is 3. The molecule has 0 amide bonds. The fraction of sp³-hybridized carbons (Fsp3) is 0.231. The molecule has 18 heavy (non-hydrogen) atoms. The average Bonchev–Trinajstić information content (AvgIpc) is 2.43. The topological polar surface area (TPSA) is 75.3 Å². The Morgan fingerprint density at radius 3 is 3.00 bits per heavy atom. The van der Waals surface area contributed by atoms with E-state index < -0.39 is 0 Å². The monoisotopic (exact) mass is 243 g/mol. The van der Waals surface area contributed by atoms with Gasteiger partial charge in [0, 0.05) is 11.9 Å². The molecule has 0 saturated carbocycles. The van der Waals surface area contributed by atoms with Crippen LogP contribution in [0.5, 0.6) is 0 Å². The number of fused-ring (bicyclic) bond motifs is 1. The number of aromatic nitrogens is 1. The molecular weight excluding hydrogens is 226 g/mol. The van der Waals surface area contributed by atoms with Crippen LogP contribution < -0.4 is 16.6 Å². The lowest BCUT2D eigenvalue weighted by Crippen LogP contribution is -2.36. The highest BCUT2D eigenvalue weighted by atomic mass is 15.3. The summed E-state index contributed by atoms with van der Waals surface area (Å²) in [6.07, 6.45) is 2.74. The molecule has 1 aromatic carbocycles. The van der Waals surface area contributed by atoms with Crippen LogP contribution in [0.3, 0.4) is 0 Å². The SMILES string of the molecule is CCCN=C(NN)Nc1cnc2ccccc2c1. The van der Waals surface area contributed by atoms with Crippen molar-refractivity contribution in [2.24, 2.45) is 10.8 Å². The van der Waals surface area contributed by atoms with Crippen LogP contribution in [0.1, 0.15) is 13.3 Å². The molecule has 5 nitrogen and oxygen atoms in total. The third-order valence-electron chi connectivity index (χ3n) is 2.48. The van der Waals surface area contributed by atoms with Crippen LogP contribution in [-0.2, 0) is 0 Å². The Morgan fingerprint density at radius 2 is 2.22 bits per heavy atom. The second-order valence-electron chi connectivity index (χ2n) is 3.92. The molecule has 0 aliphatic heterocycles. The second-order valence-corrected chi connectivity index (χ2v) is 3.92. The van der Waals surface area contributed by atoms with Crippen LogP contribution >= 0.6 is 0 Å². The molecule has 0 radical (unpaired) electrons. The van der Waals surface area contributed by atoms with E-state index in [4.69, 9.17) is 5.84 Å². The molecule has 0 unspecified atom stereocenters. The summed E-state index contributed by atoms with van der Waals surface area (Å²) in [7, 11) is 0. The maximum atomic E-state index is 5.41. The summed E-state index contributed by atoms with van der Waals surface area (Å²) in [5.74, 6) is 5.96. The average molecular weight is 243 g/mol. The van der Waals surface area contributed by atoms with Gasteiger partial charge in [-0.05, 0) is 18.6 Å². The largest absolute Gasteiger partial charge is 0.324 e. The van der Waals surface area contributed by atoms with Gasteiger partial charge in [0.2, 0.25) is 5.96 Å². The lowest BCUT2D eigenvalue weighted by Gasteiger charge is -2.09. The van der Waals surface area contributed by atoms with Crippen molar-refractivity contribution < 1.29 is 0 Å². The highest BCUT2D eigenvalue weighted by Crippen LogP contribution is 2.15. The van der Waals surface area contributed by atoms with Gasteiger partial charge < -0.3 is 5.32 Å². The standard InChI is InChI=1S/C13H17N5/c1-2-7-15-13(18-14)17-11-8-10-5-3-4-6-12(10)16-9-11/h3-6,8-9H,2,7,14H2,1H3,(H2,15,17,18). The number of nitrogens with two attached hydrogens (primary N) is 1. The van der Waals surface area contributed by atoms with Crippen molar-refractivity contribution in [3.05, 3.63) is 36.5 Å². The van der Waals surface area contributed by atoms with E-state index in [0.717, 1.165) is 29.6 Å². The number of para-hydroxylation sites is 1. The third-order valence-corrected chi connectivity index (χ3v) is 2.48. The number of hydrogen-bond donors (Lipinski definition) is 3. The fourth-order valence-corrected chi connectivity index (χ4v) is 1.62. The maximum Gasteiger partial charge on any atom is 0.210 e. The number of rotatable bonds is 3. The Kier molecular flexibility index (Phi) is 4.09. The van der Waals surface area contributed by atoms with Gasteiger partial charge in [-0.25, -0.2) is 5.84 Å². The highest BCUT2D eigenvalue weighted by Gasteiger charge is 2.00. The van der Waals surface area contributed by atoms with E-state index in [-0.39, 0.29) is 0 Å². The Bertz CT molecular complexity index is 550. The summed E-state index contributed by atoms with van der Waals surface area (Å²) in [5, 5.41) is 4.19. The molecule has 0 aliphatic rings. The molecule has 0 aliphatic carbocycles. The maximum absolute atomic E-state index is 5.41. The Balaban J connectivity index is 2.20. The van der Waals surface area contributed by atoms with Gasteiger partial charge in [-0.1, -0.05) is 25.1 Å². The third kappa shape index (κ3) is 2.95. The first kappa shape index (κ1) is 12.3. The van der Waals surface area contributed by atoms with Gasteiger partial charge in [0.25, 0.3) is 0 Å². The molecule has 2 rings (SSSR count). The van der Waals surface area contributed by atoms with Crippen molar-refractivity contribution in [1.29, 1.82) is 0 Å². The van der Waals surface area contributed by atoms with Crippen LogP contribution in [-0.4, -0.2) is 17.5 Å². The molecule has 4 N–H and O–H groups in total. The van der Waals surface area contributed by atoms with Crippen molar-refractivity contribution in [2.45, 2.75) is 13.3 Å². The Morgan fingerprint density at radius 1 is 1.39 bits per heavy atom. The molecule has 94 valence electrons. The summed E-state index contributed by atoms with van der Waals surface area (Å²) < 4.78 is 0. The van der Waals surface area contributed by atoms with E-state index in [1.54, 1.807) is 6.20 Å². The van der Waals surface area contributed by atoms with Gasteiger partial charge in [-0.2, -0.15) is 0 Å². The molecule has 5 heteroatoms. The van der Waals surface area contributed by atoms with Gasteiger partial charge in [0.05, 0.1) is 17.4 Å². The van der Waals surface area contributed by atoms with E-state index in [1.165, 1.54) is 0 Å². The summed E-state index contributed by atoms with van der Waals surface area (Å²) in [6.45, 7) is 2.79. The van der Waals surface area contributed by atoms with Crippen molar-refractivity contribution in [2.75, 3.05) is 11.9 Å². The zero-order valence-electron chi connectivity index (χ0n) is 10.4. The van der Waals surface area contributed by atoms with Crippen molar-refractivity contribution in [3.8, 4) is 0 Å². The van der Waals surface area contributed by atoms with Crippen LogP contribution in [0, 0.1) is 0 Å². The lowest BCUT2D eigenvalue weighted by molar-refractivity contribution is 0.905. The normalized spacial score (nSPS) is 11.6. The number of benzene rings is 1. The zero-order chi connectivity index (χ0) is 12.8. The number of pyridine rings is 1. The van der Waals surface area contributed by atoms with Crippen LogP contribution in [0.2, 0.25) is 0 Å². The summed E-state index contributed by atoms with van der Waals surface area (Å²) >= 11 is 0. The van der Waals surface area contributed by atoms with Crippen molar-refractivity contribution >= 4 is 22.5 Å². The minimum absolute atomic E-state index is 0.550. The van der Waals surface area contributed by atoms with Gasteiger partial charge >= 0.3 is 0 Å². The number of aliphatic imine (C=N–C) groups is 1. The molecule has 0 bridgehead atoms. The van der Waals surface area contributed by atoms with E-state index in [0.29, 0.717) is 5.96 Å². The fourth-order valence-electron chi connectivity index (χ4n) is 1.62. The molecule has 0 spiro atoms. The number of hydrazine groups is 1. The summed E-state index contributed by atoms with van der Waals surface area (Å²) in [6, 6.07) is 9.97. The van der Waals surface area contributed by atoms with E-state index in [2.05, 4.69) is 27.6 Å². The number of nitrogens with zero attached hydrogens (tertiary/aromatic N) is 2. The van der Waals surface area contributed by atoms with E-state index >= 15 is 0 Å². The minimum Gasteiger partial charge on any atom is -0.324 e. The molecule has 0 fully saturated rings. The first-order chi connectivity index (χ1) is 8.83. The predicted molar refractivity (Wildman–Crippen MR) is 75.3 cm³/mol. The highest BCUT2D eigenvalue weighted by molar-refractivity contribution is 5.95. The molecule has 1 heterocycles. The second kappa shape index (κ2) is 5.97. The quantitative estimate of drug-likeness (QED) is 0.333. The Hall–Kier alpha value is -2.14. The molecular formula is C13H17N5. The summed E-state index contributed by atoms with van der Waals surface area (Å²) in [4.78, 5) is 8.64. The number of nitrogens with one attached hydrogen (secondary N) is 2. The van der Waals surface area contributed by atoms with Crippen LogP contribution in [0.15, 0.2) is 41.5 Å². The van der Waals surface area contributed by atoms with Gasteiger partial charge in [-0.15, -0.1) is 0 Å². The molecule has 0 atom stereocenters. The van der Waals surface area contributed by atoms with Crippen molar-refractivity contribution in [1.82, 2.24) is 10.4 Å². The minimum atomic E-state index is 0.550. The first-order valence-corrected chi connectivity index (χ1v) is 5.96. The summed E-state index contributed by atoms with van der Waals surface area (Å²) in [5.41, 5.74) is 4.38. The lowest BCUT2D eigenvalue weighted by atomic mass is 10.2. The van der Waals surface area contributed by atoms with Crippen LogP contribution in [0.25, 0.3) is 10.9 Å². The smallest absolute Gasteiger partial charge is 0.210 e. The van der Waals surface area contributed by atoms with E-state index in [1.807, 2.05) is 30.3 Å². The first-order valence-electron chi connectivity index (χ1n) is 5.96. The number of anilines is 1. The zero-order valence-corrected chi connectivity index (χ0v) is 10.4. The van der Waals surface area contributed by atoms with Crippen LogP contribution in [0.4, 0.5) is 5.69 Å². The van der Waals surface area contributed by atoms with Gasteiger partial charge in [-0.3, -0.25) is 15.4 Å². The van der Waals surface area contributed by atoms with Gasteiger partial charge in [0.1, 0.15) is 0 Å². The molecule has 0 saturated heterocycles. The molecule has 2 aromatic rings. The van der Waals surface area contributed by atoms with Crippen molar-refractivity contribution in [3.63, 3.8) is 0 Å². The predicted octanol–water partition coefficient (Wildman–Crippen LogP) is 1.88. The molecule has 1 aromatic heterocycles.